The smallest absolute Gasteiger partial charge is 0.251 e. The molecule has 3 unspecified atom stereocenters. The van der Waals surface area contributed by atoms with Crippen molar-refractivity contribution in [2.24, 2.45) is 0 Å². The van der Waals surface area contributed by atoms with Gasteiger partial charge in [-0.2, -0.15) is 0 Å². The molecule has 2 amide bonds. The van der Waals surface area contributed by atoms with Gasteiger partial charge in [0.15, 0.2) is 0 Å². The second kappa shape index (κ2) is 6.30. The molecule has 2 aliphatic rings. The monoisotopic (exact) mass is 319 g/mol. The first kappa shape index (κ1) is 15.4. The van der Waals surface area contributed by atoms with E-state index in [1.54, 1.807) is 6.07 Å². The number of hydrogen-bond acceptors (Lipinski definition) is 4. The number of fused-ring (bicyclic) bond motifs is 1. The summed E-state index contributed by atoms with van der Waals surface area (Å²) in [5.41, 5.74) is 1.32. The number of rotatable bonds is 2. The molecule has 1 saturated heterocycles. The molecule has 6 heteroatoms. The SMILES string of the molecule is CC1Sc2ccc(C(=O)NC3CCCNC3C)cc2NC1=O. The van der Waals surface area contributed by atoms with E-state index in [1.165, 1.54) is 11.8 Å². The summed E-state index contributed by atoms with van der Waals surface area (Å²) in [7, 11) is 0. The number of carbonyl (C=O) groups is 2. The lowest BCUT2D eigenvalue weighted by molar-refractivity contribution is -0.115. The lowest BCUT2D eigenvalue weighted by Crippen LogP contribution is -2.51. The van der Waals surface area contributed by atoms with Crippen LogP contribution in [0.4, 0.5) is 5.69 Å². The number of benzene rings is 1. The number of amides is 2. The third-order valence-electron chi connectivity index (χ3n) is 4.25. The second-order valence-electron chi connectivity index (χ2n) is 5.93. The minimum Gasteiger partial charge on any atom is -0.348 e. The van der Waals surface area contributed by atoms with Crippen molar-refractivity contribution in [2.75, 3.05) is 11.9 Å². The van der Waals surface area contributed by atoms with Crippen LogP contribution in [0.5, 0.6) is 0 Å². The van der Waals surface area contributed by atoms with Crippen molar-refractivity contribution in [3.63, 3.8) is 0 Å². The average molecular weight is 319 g/mol. The quantitative estimate of drug-likeness (QED) is 0.780. The van der Waals surface area contributed by atoms with Crippen LogP contribution in [0.15, 0.2) is 23.1 Å². The van der Waals surface area contributed by atoms with Crippen molar-refractivity contribution < 1.29 is 9.59 Å². The van der Waals surface area contributed by atoms with Gasteiger partial charge in [0, 0.05) is 22.5 Å². The summed E-state index contributed by atoms with van der Waals surface area (Å²) < 4.78 is 0. The van der Waals surface area contributed by atoms with Crippen LogP contribution in [0.25, 0.3) is 0 Å². The highest BCUT2D eigenvalue weighted by atomic mass is 32.2. The Hall–Kier alpha value is -1.53. The Balaban J connectivity index is 1.73. The molecule has 1 aromatic carbocycles. The molecule has 3 rings (SSSR count). The zero-order valence-corrected chi connectivity index (χ0v) is 13.6. The van der Waals surface area contributed by atoms with E-state index < -0.39 is 0 Å². The number of piperidine rings is 1. The first-order valence-corrected chi connectivity index (χ1v) is 8.58. The van der Waals surface area contributed by atoms with E-state index in [1.807, 2.05) is 19.1 Å². The van der Waals surface area contributed by atoms with Crippen molar-refractivity contribution in [2.45, 2.75) is 48.9 Å². The van der Waals surface area contributed by atoms with Gasteiger partial charge in [0.2, 0.25) is 5.91 Å². The zero-order chi connectivity index (χ0) is 15.7. The topological polar surface area (TPSA) is 70.2 Å². The summed E-state index contributed by atoms with van der Waals surface area (Å²) in [6, 6.07) is 5.94. The van der Waals surface area contributed by atoms with Gasteiger partial charge in [-0.3, -0.25) is 9.59 Å². The third kappa shape index (κ3) is 3.13. The van der Waals surface area contributed by atoms with E-state index in [9.17, 15) is 9.59 Å². The summed E-state index contributed by atoms with van der Waals surface area (Å²) in [5.74, 6) is -0.0959. The second-order valence-corrected chi connectivity index (χ2v) is 7.31. The summed E-state index contributed by atoms with van der Waals surface area (Å²) in [5, 5.41) is 9.23. The number of carbonyl (C=O) groups excluding carboxylic acids is 2. The Morgan fingerprint density at radius 1 is 1.36 bits per heavy atom. The van der Waals surface area contributed by atoms with Gasteiger partial charge in [-0.15, -0.1) is 11.8 Å². The molecule has 3 atom stereocenters. The fourth-order valence-corrected chi connectivity index (χ4v) is 3.77. The highest BCUT2D eigenvalue weighted by Gasteiger charge is 2.25. The molecule has 2 heterocycles. The lowest BCUT2D eigenvalue weighted by Gasteiger charge is -2.30. The van der Waals surface area contributed by atoms with Crippen LogP contribution in [-0.4, -0.2) is 35.7 Å². The molecule has 1 aromatic rings. The van der Waals surface area contributed by atoms with Crippen molar-refractivity contribution in [3.8, 4) is 0 Å². The van der Waals surface area contributed by atoms with Crippen LogP contribution in [0.3, 0.4) is 0 Å². The molecule has 1 fully saturated rings. The Kier molecular flexibility index (Phi) is 4.40. The molecule has 0 saturated carbocycles. The Morgan fingerprint density at radius 2 is 2.18 bits per heavy atom. The van der Waals surface area contributed by atoms with E-state index in [-0.39, 0.29) is 29.1 Å². The van der Waals surface area contributed by atoms with Gasteiger partial charge < -0.3 is 16.0 Å². The van der Waals surface area contributed by atoms with E-state index in [4.69, 9.17) is 0 Å². The summed E-state index contributed by atoms with van der Waals surface area (Å²) in [6.07, 6.45) is 2.07. The molecular formula is C16H21N3O2S. The van der Waals surface area contributed by atoms with Crippen LogP contribution in [0.1, 0.15) is 37.0 Å². The fraction of sp³-hybridized carbons (Fsp3) is 0.500. The van der Waals surface area contributed by atoms with Crippen LogP contribution in [0.2, 0.25) is 0 Å². The molecule has 0 spiro atoms. The third-order valence-corrected chi connectivity index (χ3v) is 5.43. The molecule has 22 heavy (non-hydrogen) atoms. The Bertz CT molecular complexity index is 605. The van der Waals surface area contributed by atoms with E-state index >= 15 is 0 Å². The van der Waals surface area contributed by atoms with E-state index in [2.05, 4.69) is 22.9 Å². The van der Waals surface area contributed by atoms with Crippen LogP contribution < -0.4 is 16.0 Å². The predicted molar refractivity (Wildman–Crippen MR) is 88.3 cm³/mol. The maximum absolute atomic E-state index is 12.4. The standard InChI is InChI=1S/C16H21N3O2S/c1-9-12(4-3-7-17-9)18-16(21)11-5-6-14-13(8-11)19-15(20)10(2)22-14/h5-6,8-10,12,17H,3-4,7H2,1-2H3,(H,18,21)(H,19,20). The van der Waals surface area contributed by atoms with Crippen molar-refractivity contribution in [1.82, 2.24) is 10.6 Å². The Morgan fingerprint density at radius 3 is 2.95 bits per heavy atom. The van der Waals surface area contributed by atoms with Gasteiger partial charge in [0.25, 0.3) is 5.91 Å². The zero-order valence-electron chi connectivity index (χ0n) is 12.8. The van der Waals surface area contributed by atoms with Gasteiger partial charge in [0.05, 0.1) is 10.9 Å². The molecule has 0 aliphatic carbocycles. The van der Waals surface area contributed by atoms with Gasteiger partial charge in [0.1, 0.15) is 0 Å². The number of thioether (sulfide) groups is 1. The minimum atomic E-state index is -0.0960. The van der Waals surface area contributed by atoms with Crippen molar-refractivity contribution in [1.29, 1.82) is 0 Å². The normalized spacial score (nSPS) is 27.7. The highest BCUT2D eigenvalue weighted by molar-refractivity contribution is 8.00. The molecular weight excluding hydrogens is 298 g/mol. The molecule has 118 valence electrons. The van der Waals surface area contributed by atoms with Crippen LogP contribution in [0, 0.1) is 0 Å². The first-order valence-electron chi connectivity index (χ1n) is 7.70. The van der Waals surface area contributed by atoms with Gasteiger partial charge in [-0.1, -0.05) is 0 Å². The predicted octanol–water partition coefficient (Wildman–Crippen LogP) is 1.99. The maximum atomic E-state index is 12.4. The van der Waals surface area contributed by atoms with Crippen LogP contribution in [-0.2, 0) is 4.79 Å². The Labute approximate surface area is 134 Å². The molecule has 3 N–H and O–H groups in total. The lowest BCUT2D eigenvalue weighted by atomic mass is 9.99. The van der Waals surface area contributed by atoms with Crippen molar-refractivity contribution in [3.05, 3.63) is 23.8 Å². The van der Waals surface area contributed by atoms with Gasteiger partial charge >= 0.3 is 0 Å². The first-order chi connectivity index (χ1) is 10.5. The number of anilines is 1. The molecule has 2 aliphatic heterocycles. The molecule has 5 nitrogen and oxygen atoms in total. The summed E-state index contributed by atoms with van der Waals surface area (Å²) in [6.45, 7) is 4.98. The number of hydrogen-bond donors (Lipinski definition) is 3. The average Bonchev–Trinajstić information content (AvgIpc) is 2.50. The molecule has 0 radical (unpaired) electrons. The fourth-order valence-electron chi connectivity index (χ4n) is 2.84. The van der Waals surface area contributed by atoms with Crippen molar-refractivity contribution >= 4 is 29.3 Å². The highest BCUT2D eigenvalue weighted by Crippen LogP contribution is 2.35. The van der Waals surface area contributed by atoms with E-state index in [0.717, 1.165) is 30.0 Å². The largest absolute Gasteiger partial charge is 0.348 e. The van der Waals surface area contributed by atoms with Gasteiger partial charge in [-0.25, -0.2) is 0 Å². The summed E-state index contributed by atoms with van der Waals surface area (Å²) >= 11 is 1.52. The number of nitrogens with one attached hydrogen (secondary N) is 3. The maximum Gasteiger partial charge on any atom is 0.251 e. The van der Waals surface area contributed by atoms with Crippen LogP contribution >= 0.6 is 11.8 Å². The summed E-state index contributed by atoms with van der Waals surface area (Å²) in [4.78, 5) is 25.2. The molecule has 0 bridgehead atoms. The van der Waals surface area contributed by atoms with Gasteiger partial charge in [-0.05, 0) is 51.4 Å². The molecule has 0 aromatic heterocycles. The minimum absolute atomic E-state index is 0.0137. The van der Waals surface area contributed by atoms with E-state index in [0.29, 0.717) is 5.56 Å².